The Morgan fingerprint density at radius 2 is 1.79 bits per heavy atom. The van der Waals surface area contributed by atoms with Crippen molar-refractivity contribution in [2.45, 2.75) is 128 Å². The maximum atomic E-state index is 14.0. The Balaban J connectivity index is 1.54. The van der Waals surface area contributed by atoms with E-state index in [1.807, 2.05) is 32.9 Å². The third-order valence-electron chi connectivity index (χ3n) is 10.6. The molecule has 3 fully saturated rings. The Morgan fingerprint density at radius 3 is 2.51 bits per heavy atom. The molecule has 43 heavy (non-hydrogen) atoms. The van der Waals surface area contributed by atoms with Gasteiger partial charge in [0, 0.05) is 31.1 Å². The maximum Gasteiger partial charge on any atom is 0.316 e. The van der Waals surface area contributed by atoms with Crippen LogP contribution >= 0.6 is 0 Å². The topological polar surface area (TPSA) is 135 Å². The molecular formula is C34H50O9. The third-order valence-corrected chi connectivity index (χ3v) is 10.6. The van der Waals surface area contributed by atoms with Gasteiger partial charge in [-0.05, 0) is 42.9 Å². The Kier molecular flexibility index (Phi) is 9.46. The highest BCUT2D eigenvalue weighted by molar-refractivity contribution is 5.78. The normalized spacial score (nSPS) is 49.5. The molecule has 9 nitrogen and oxygen atoms in total. The first-order chi connectivity index (χ1) is 20.3. The fourth-order valence-corrected chi connectivity index (χ4v) is 7.57. The molecule has 0 aromatic heterocycles. The lowest BCUT2D eigenvalue weighted by molar-refractivity contribution is -0.354. The number of esters is 1. The summed E-state index contributed by atoms with van der Waals surface area (Å²) in [6.45, 7) is 11.8. The highest BCUT2D eigenvalue weighted by Crippen LogP contribution is 2.48. The van der Waals surface area contributed by atoms with E-state index in [0.717, 1.165) is 12.0 Å². The molecule has 1 spiro atoms. The van der Waals surface area contributed by atoms with Crippen LogP contribution in [0.4, 0.5) is 0 Å². The molecule has 3 saturated heterocycles. The highest BCUT2D eigenvalue weighted by atomic mass is 16.7. The number of hydrogen-bond acceptors (Lipinski definition) is 9. The molecule has 0 radical (unpaired) electrons. The summed E-state index contributed by atoms with van der Waals surface area (Å²) in [5.41, 5.74) is -0.00894. The quantitative estimate of drug-likeness (QED) is 0.277. The number of fused-ring (bicyclic) bond motifs is 2. The van der Waals surface area contributed by atoms with Crippen LogP contribution in [0.5, 0.6) is 0 Å². The molecule has 0 aromatic rings. The number of rotatable bonds is 2. The van der Waals surface area contributed by atoms with Crippen LogP contribution in [-0.2, 0) is 23.7 Å². The Hall–Kier alpha value is -1.85. The molecule has 4 N–H and O–H groups in total. The smallest absolute Gasteiger partial charge is 0.316 e. The van der Waals surface area contributed by atoms with Gasteiger partial charge in [0.05, 0.1) is 31.0 Å². The summed E-state index contributed by atoms with van der Waals surface area (Å²) in [5, 5.41) is 45.2. The van der Waals surface area contributed by atoms with Gasteiger partial charge in [-0.15, -0.1) is 0 Å². The Labute approximate surface area is 255 Å². The van der Waals surface area contributed by atoms with Crippen molar-refractivity contribution < 1.29 is 44.2 Å². The number of carbonyl (C=O) groups is 1. The second-order valence-electron chi connectivity index (χ2n) is 13.7. The van der Waals surface area contributed by atoms with Crippen molar-refractivity contribution in [3.8, 4) is 0 Å². The minimum atomic E-state index is -1.80. The minimum Gasteiger partial charge on any atom is -0.462 e. The third kappa shape index (κ3) is 6.07. The SMILES string of the molecule is CCC(C)[C@H]1OC2(C[C@@H]3C[C@@H](C/C=C(\C)[C@@H](O)[C@@H](C)/C=C/C=C4\CO[C@@H]5[C@H](O)C(C)=C[C@@H](C(=O)O3)[C@]45O)O2)C[C@H](O)[C@@H]1C. The summed E-state index contributed by atoms with van der Waals surface area (Å²) >= 11 is 0. The lowest BCUT2D eigenvalue weighted by Crippen LogP contribution is -2.60. The molecule has 4 aliphatic heterocycles. The summed E-state index contributed by atoms with van der Waals surface area (Å²) in [7, 11) is 0. The van der Waals surface area contributed by atoms with Crippen LogP contribution in [0.15, 0.2) is 47.1 Å². The zero-order valence-electron chi connectivity index (χ0n) is 26.3. The monoisotopic (exact) mass is 602 g/mol. The standard InChI is InChI=1S/C34H50O9/c1-7-18(2)30-22(6)27(35)16-33(43-30)15-25-14-24(42-33)12-11-20(4)28(36)19(3)9-8-10-23-17-40-31-29(37)21(5)13-26(32(38)41-25)34(23,31)39/h8-11,13,18-19,22,24-31,35-37,39H,7,12,14-17H2,1-6H3/b9-8+,20-11+,23-10+/t18?,19-,22-,24+,25-,26-,27-,28-,29+,30+,31+,33?,34+/m0/s1. The van der Waals surface area contributed by atoms with Gasteiger partial charge in [-0.2, -0.15) is 0 Å². The van der Waals surface area contributed by atoms with Crippen molar-refractivity contribution in [1.82, 2.24) is 0 Å². The van der Waals surface area contributed by atoms with Crippen molar-refractivity contribution in [3.05, 3.63) is 47.1 Å². The lowest BCUT2D eigenvalue weighted by atomic mass is 9.71. The van der Waals surface area contributed by atoms with E-state index in [0.29, 0.717) is 24.0 Å². The molecular weight excluding hydrogens is 552 g/mol. The van der Waals surface area contributed by atoms with Crippen LogP contribution in [0.2, 0.25) is 0 Å². The largest absolute Gasteiger partial charge is 0.462 e. The van der Waals surface area contributed by atoms with E-state index in [2.05, 4.69) is 13.8 Å². The molecule has 0 saturated carbocycles. The number of carbonyl (C=O) groups excluding carboxylic acids is 1. The molecule has 2 unspecified atom stereocenters. The van der Waals surface area contributed by atoms with Gasteiger partial charge in [0.1, 0.15) is 29.8 Å². The highest BCUT2D eigenvalue weighted by Gasteiger charge is 2.60. The average Bonchev–Trinajstić information content (AvgIpc) is 3.30. The number of aliphatic hydroxyl groups is 4. The lowest BCUT2D eigenvalue weighted by Gasteiger charge is -2.52. The fraction of sp³-hybridized carbons (Fsp3) is 0.735. The number of ether oxygens (including phenoxy) is 4. The van der Waals surface area contributed by atoms with Gasteiger partial charge < -0.3 is 39.4 Å². The van der Waals surface area contributed by atoms with Crippen molar-refractivity contribution in [2.24, 2.45) is 23.7 Å². The van der Waals surface area contributed by atoms with Crippen molar-refractivity contribution in [2.75, 3.05) is 6.61 Å². The molecule has 13 atom stereocenters. The number of aliphatic hydroxyl groups excluding tert-OH is 3. The molecule has 1 aliphatic carbocycles. The molecule has 4 heterocycles. The summed E-state index contributed by atoms with van der Waals surface area (Å²) in [6, 6.07) is 0. The average molecular weight is 603 g/mol. The first-order valence-electron chi connectivity index (χ1n) is 16.0. The van der Waals surface area contributed by atoms with Gasteiger partial charge in [-0.1, -0.05) is 64.5 Å². The molecule has 2 bridgehead atoms. The predicted molar refractivity (Wildman–Crippen MR) is 160 cm³/mol. The van der Waals surface area contributed by atoms with Crippen LogP contribution < -0.4 is 0 Å². The van der Waals surface area contributed by atoms with Crippen molar-refractivity contribution >= 4 is 5.97 Å². The molecule has 0 amide bonds. The van der Waals surface area contributed by atoms with Crippen LogP contribution in [0.1, 0.15) is 73.6 Å². The summed E-state index contributed by atoms with van der Waals surface area (Å²) < 4.78 is 25.4. The zero-order valence-corrected chi connectivity index (χ0v) is 26.3. The molecule has 5 rings (SSSR count). The minimum absolute atomic E-state index is 0.0483. The van der Waals surface area contributed by atoms with Gasteiger partial charge in [0.2, 0.25) is 0 Å². The number of hydrogen-bond donors (Lipinski definition) is 4. The van der Waals surface area contributed by atoms with Crippen LogP contribution in [0.3, 0.4) is 0 Å². The van der Waals surface area contributed by atoms with E-state index in [1.165, 1.54) is 0 Å². The summed E-state index contributed by atoms with van der Waals surface area (Å²) in [5.74, 6) is -2.97. The second-order valence-corrected chi connectivity index (χ2v) is 13.7. The van der Waals surface area contributed by atoms with Crippen molar-refractivity contribution in [3.63, 3.8) is 0 Å². The van der Waals surface area contributed by atoms with Gasteiger partial charge >= 0.3 is 5.97 Å². The van der Waals surface area contributed by atoms with Crippen LogP contribution in [0.25, 0.3) is 0 Å². The van der Waals surface area contributed by atoms with E-state index < -0.39 is 59.9 Å². The van der Waals surface area contributed by atoms with E-state index in [4.69, 9.17) is 18.9 Å². The first kappa shape index (κ1) is 32.5. The second kappa shape index (κ2) is 12.5. The molecule has 9 heteroatoms. The van der Waals surface area contributed by atoms with E-state index in [-0.39, 0.29) is 43.3 Å². The van der Waals surface area contributed by atoms with Gasteiger partial charge in [0.25, 0.3) is 0 Å². The van der Waals surface area contributed by atoms with Crippen LogP contribution in [0, 0.1) is 23.7 Å². The molecule has 5 aliphatic rings. The number of allylic oxidation sites excluding steroid dienone is 2. The fourth-order valence-electron chi connectivity index (χ4n) is 7.57. The van der Waals surface area contributed by atoms with Gasteiger partial charge in [-0.3, -0.25) is 4.79 Å². The molecule has 0 aromatic carbocycles. The zero-order chi connectivity index (χ0) is 31.3. The van der Waals surface area contributed by atoms with Crippen LogP contribution in [-0.4, -0.2) is 87.1 Å². The predicted octanol–water partition coefficient (Wildman–Crippen LogP) is 3.50. The van der Waals surface area contributed by atoms with E-state index in [1.54, 1.807) is 25.2 Å². The van der Waals surface area contributed by atoms with Gasteiger partial charge in [0.15, 0.2) is 5.79 Å². The van der Waals surface area contributed by atoms with Gasteiger partial charge in [-0.25, -0.2) is 0 Å². The Morgan fingerprint density at radius 1 is 1.05 bits per heavy atom. The molecule has 240 valence electrons. The first-order valence-corrected chi connectivity index (χ1v) is 16.0. The summed E-state index contributed by atoms with van der Waals surface area (Å²) in [4.78, 5) is 14.0. The summed E-state index contributed by atoms with van der Waals surface area (Å²) in [6.07, 6.45) is 6.40. The van der Waals surface area contributed by atoms with Crippen molar-refractivity contribution in [1.29, 1.82) is 0 Å². The maximum absolute atomic E-state index is 14.0. The van der Waals surface area contributed by atoms with E-state index >= 15 is 0 Å². The van der Waals surface area contributed by atoms with E-state index in [9.17, 15) is 25.2 Å². The Bertz CT molecular complexity index is 1170.